The Balaban J connectivity index is 2.36. The van der Waals surface area contributed by atoms with Crippen molar-refractivity contribution in [3.63, 3.8) is 0 Å². The maximum atomic E-state index is 11.9. The van der Waals surface area contributed by atoms with E-state index in [1.165, 1.54) is 0 Å². The molecule has 0 aliphatic heterocycles. The molecule has 1 heterocycles. The van der Waals surface area contributed by atoms with Crippen molar-refractivity contribution < 1.29 is 4.74 Å². The summed E-state index contributed by atoms with van der Waals surface area (Å²) in [7, 11) is 1.67. The summed E-state index contributed by atoms with van der Waals surface area (Å²) < 4.78 is 6.01. The maximum absolute atomic E-state index is 11.9. The molecule has 100 valence electrons. The third-order valence-electron chi connectivity index (χ3n) is 3.12. The van der Waals surface area contributed by atoms with Crippen LogP contribution in [0.2, 0.25) is 0 Å². The third kappa shape index (κ3) is 3.01. The standard InChI is InChI=1S/C13H19BrN2O2/c1-7(2)6-9-10(14)13(17)16-12(15-9)11(18-3)8-4-5-8/h7-8,11H,4-6H2,1-3H3,(H,15,16,17). The van der Waals surface area contributed by atoms with Crippen LogP contribution in [0, 0.1) is 11.8 Å². The molecule has 1 atom stereocenters. The number of rotatable bonds is 5. The Morgan fingerprint density at radius 3 is 2.67 bits per heavy atom. The van der Waals surface area contributed by atoms with Crippen molar-refractivity contribution in [1.29, 1.82) is 0 Å². The van der Waals surface area contributed by atoms with Gasteiger partial charge in [-0.2, -0.15) is 0 Å². The number of hydrogen-bond donors (Lipinski definition) is 1. The van der Waals surface area contributed by atoms with Gasteiger partial charge in [0.05, 0.1) is 5.69 Å². The van der Waals surface area contributed by atoms with Crippen molar-refractivity contribution in [3.05, 3.63) is 26.3 Å². The molecule has 1 aliphatic carbocycles. The molecule has 0 amide bonds. The van der Waals surface area contributed by atoms with E-state index in [4.69, 9.17) is 4.74 Å². The summed E-state index contributed by atoms with van der Waals surface area (Å²) in [6.07, 6.45) is 3.02. The molecule has 0 aromatic carbocycles. The highest BCUT2D eigenvalue weighted by Gasteiger charge is 2.34. The van der Waals surface area contributed by atoms with Crippen LogP contribution >= 0.6 is 15.9 Å². The Labute approximate surface area is 115 Å². The molecule has 1 saturated carbocycles. The molecule has 1 aromatic rings. The van der Waals surface area contributed by atoms with E-state index in [0.29, 0.717) is 22.1 Å². The predicted molar refractivity (Wildman–Crippen MR) is 73.6 cm³/mol. The van der Waals surface area contributed by atoms with Gasteiger partial charge in [0.1, 0.15) is 16.4 Å². The second-order valence-corrected chi connectivity index (χ2v) is 6.10. The van der Waals surface area contributed by atoms with Gasteiger partial charge in [0.15, 0.2) is 0 Å². The van der Waals surface area contributed by atoms with Crippen molar-refractivity contribution in [3.8, 4) is 0 Å². The minimum Gasteiger partial charge on any atom is -0.373 e. The Kier molecular flexibility index (Phi) is 4.22. The van der Waals surface area contributed by atoms with Crippen LogP contribution in [0.25, 0.3) is 0 Å². The van der Waals surface area contributed by atoms with E-state index in [0.717, 1.165) is 25.0 Å². The molecule has 0 saturated heterocycles. The summed E-state index contributed by atoms with van der Waals surface area (Å²) in [6, 6.07) is 0. The summed E-state index contributed by atoms with van der Waals surface area (Å²) in [6.45, 7) is 4.23. The smallest absolute Gasteiger partial charge is 0.265 e. The van der Waals surface area contributed by atoms with Crippen LogP contribution in [-0.2, 0) is 11.2 Å². The number of aromatic nitrogens is 2. The summed E-state index contributed by atoms with van der Waals surface area (Å²) in [4.78, 5) is 19.3. The molecule has 0 bridgehead atoms. The van der Waals surface area contributed by atoms with Gasteiger partial charge in [-0.15, -0.1) is 0 Å². The first-order valence-corrected chi connectivity index (χ1v) is 7.13. The zero-order valence-electron chi connectivity index (χ0n) is 11.0. The van der Waals surface area contributed by atoms with Crippen LogP contribution in [0.5, 0.6) is 0 Å². The Morgan fingerprint density at radius 1 is 1.50 bits per heavy atom. The molecule has 0 spiro atoms. The highest BCUT2D eigenvalue weighted by Crippen LogP contribution is 2.41. The van der Waals surface area contributed by atoms with E-state index >= 15 is 0 Å². The first-order chi connectivity index (χ1) is 8.52. The number of halogens is 1. The molecule has 2 rings (SSSR count). The Hall–Kier alpha value is -0.680. The molecular formula is C13H19BrN2O2. The Morgan fingerprint density at radius 2 is 2.17 bits per heavy atom. The summed E-state index contributed by atoms with van der Waals surface area (Å²) in [5.74, 6) is 1.64. The molecule has 1 aliphatic rings. The number of aromatic amines is 1. The Bertz CT molecular complexity index is 480. The first-order valence-electron chi connectivity index (χ1n) is 6.34. The van der Waals surface area contributed by atoms with Crippen molar-refractivity contribution in [2.24, 2.45) is 11.8 Å². The number of nitrogens with one attached hydrogen (secondary N) is 1. The van der Waals surface area contributed by atoms with Crippen molar-refractivity contribution in [2.45, 2.75) is 39.2 Å². The highest BCUT2D eigenvalue weighted by atomic mass is 79.9. The van der Waals surface area contributed by atoms with E-state index in [1.807, 2.05) is 0 Å². The van der Waals surface area contributed by atoms with Crippen LogP contribution in [0.1, 0.15) is 44.3 Å². The van der Waals surface area contributed by atoms with Crippen LogP contribution in [0.15, 0.2) is 9.27 Å². The van der Waals surface area contributed by atoms with Crippen LogP contribution in [0.3, 0.4) is 0 Å². The van der Waals surface area contributed by atoms with Gasteiger partial charge in [-0.25, -0.2) is 4.98 Å². The van der Waals surface area contributed by atoms with Crippen LogP contribution in [-0.4, -0.2) is 17.1 Å². The average Bonchev–Trinajstić information content (AvgIpc) is 3.10. The highest BCUT2D eigenvalue weighted by molar-refractivity contribution is 9.10. The molecular weight excluding hydrogens is 296 g/mol. The van der Waals surface area contributed by atoms with Gasteiger partial charge in [-0.1, -0.05) is 13.8 Å². The van der Waals surface area contributed by atoms with Gasteiger partial charge in [-0.05, 0) is 47.0 Å². The predicted octanol–water partition coefficient (Wildman–Crippen LogP) is 2.83. The normalized spacial score (nSPS) is 17.2. The largest absolute Gasteiger partial charge is 0.373 e. The fourth-order valence-electron chi connectivity index (χ4n) is 2.11. The molecule has 18 heavy (non-hydrogen) atoms. The second kappa shape index (κ2) is 5.53. The molecule has 1 fully saturated rings. The number of H-pyrrole nitrogens is 1. The lowest BCUT2D eigenvalue weighted by Crippen LogP contribution is -2.20. The van der Waals surface area contributed by atoms with E-state index in [1.54, 1.807) is 7.11 Å². The van der Waals surface area contributed by atoms with E-state index < -0.39 is 0 Å². The number of nitrogens with zero attached hydrogens (tertiary/aromatic N) is 1. The van der Waals surface area contributed by atoms with Gasteiger partial charge in [0, 0.05) is 7.11 Å². The summed E-state index contributed by atoms with van der Waals surface area (Å²) >= 11 is 3.32. The van der Waals surface area contributed by atoms with E-state index in [9.17, 15) is 4.79 Å². The van der Waals surface area contributed by atoms with Crippen molar-refractivity contribution in [2.75, 3.05) is 7.11 Å². The second-order valence-electron chi connectivity index (χ2n) is 5.30. The third-order valence-corrected chi connectivity index (χ3v) is 3.94. The molecule has 1 N–H and O–H groups in total. The zero-order chi connectivity index (χ0) is 13.3. The number of ether oxygens (including phenoxy) is 1. The first kappa shape index (κ1) is 13.7. The van der Waals surface area contributed by atoms with Gasteiger partial charge >= 0.3 is 0 Å². The summed E-state index contributed by atoms with van der Waals surface area (Å²) in [5.41, 5.74) is 0.713. The van der Waals surface area contributed by atoms with Crippen LogP contribution < -0.4 is 5.56 Å². The fraction of sp³-hybridized carbons (Fsp3) is 0.692. The van der Waals surface area contributed by atoms with Crippen molar-refractivity contribution >= 4 is 15.9 Å². The summed E-state index contributed by atoms with van der Waals surface area (Å²) in [5, 5.41) is 0. The molecule has 4 nitrogen and oxygen atoms in total. The minimum absolute atomic E-state index is 0.0725. The number of hydrogen-bond acceptors (Lipinski definition) is 3. The van der Waals surface area contributed by atoms with Gasteiger partial charge in [0.25, 0.3) is 5.56 Å². The molecule has 0 radical (unpaired) electrons. The SMILES string of the molecule is COC(c1nc(CC(C)C)c(Br)c(=O)[nH]1)C1CC1. The molecule has 5 heteroatoms. The monoisotopic (exact) mass is 314 g/mol. The number of methoxy groups -OCH3 is 1. The lowest BCUT2D eigenvalue weighted by Gasteiger charge is -2.15. The van der Waals surface area contributed by atoms with Crippen molar-refractivity contribution in [1.82, 2.24) is 9.97 Å². The topological polar surface area (TPSA) is 55.0 Å². The van der Waals surface area contributed by atoms with Gasteiger partial charge < -0.3 is 9.72 Å². The quantitative estimate of drug-likeness (QED) is 0.909. The van der Waals surface area contributed by atoms with Gasteiger partial charge in [-0.3, -0.25) is 4.79 Å². The maximum Gasteiger partial charge on any atom is 0.265 e. The molecule has 1 unspecified atom stereocenters. The fourth-order valence-corrected chi connectivity index (χ4v) is 2.46. The van der Waals surface area contributed by atoms with E-state index in [2.05, 4.69) is 39.7 Å². The zero-order valence-corrected chi connectivity index (χ0v) is 12.6. The lowest BCUT2D eigenvalue weighted by atomic mass is 10.1. The average molecular weight is 315 g/mol. The van der Waals surface area contributed by atoms with Gasteiger partial charge in [0.2, 0.25) is 0 Å². The lowest BCUT2D eigenvalue weighted by molar-refractivity contribution is 0.0767. The molecule has 1 aromatic heterocycles. The minimum atomic E-state index is -0.113. The van der Waals surface area contributed by atoms with Crippen LogP contribution in [0.4, 0.5) is 0 Å². The van der Waals surface area contributed by atoms with E-state index in [-0.39, 0.29) is 11.7 Å².